The highest BCUT2D eigenvalue weighted by Crippen LogP contribution is 2.47. The Labute approximate surface area is 408 Å². The molecule has 0 saturated heterocycles. The average Bonchev–Trinajstić information content (AvgIpc) is 3.41. The fraction of sp³-hybridized carbons (Fsp3) is 0.172. The first-order chi connectivity index (χ1) is 34.1. The zero-order chi connectivity index (χ0) is 49.7. The normalized spacial score (nSPS) is 10.7. The Bertz CT molecular complexity index is 2650. The molecule has 0 aromatic heterocycles. The topological polar surface area (TPSA) is 142 Å². The van der Waals surface area contributed by atoms with Gasteiger partial charge in [0.2, 0.25) is 0 Å². The molecule has 358 valence electrons. The van der Waals surface area contributed by atoms with Crippen molar-refractivity contribution in [3.8, 4) is 56.4 Å². The first-order valence-electron chi connectivity index (χ1n) is 22.4. The number of benzene rings is 6. The van der Waals surface area contributed by atoms with Gasteiger partial charge in [-0.25, -0.2) is 19.2 Å². The van der Waals surface area contributed by atoms with Gasteiger partial charge in [-0.2, -0.15) is 0 Å². The van der Waals surface area contributed by atoms with E-state index >= 15 is 0 Å². The van der Waals surface area contributed by atoms with Crippen molar-refractivity contribution in [2.45, 2.75) is 12.3 Å². The van der Waals surface area contributed by atoms with E-state index < -0.39 is 29.3 Å². The second-order valence-electron chi connectivity index (χ2n) is 15.4. The molecule has 0 spiro atoms. The average molecular weight is 943 g/mol. The SMILES string of the molecule is C=CC(=O)OCCOc1ccccc1-c1cc(C(C)(c2ccc(-c3ccccc3)cc2)c2ccc(OCCOC(=O)C=C)c(-c3ccccc3OCCOC(=O)C=C)c2)ccc1OCCOC(=O)C=C. The maximum atomic E-state index is 11.9. The lowest BCUT2D eigenvalue weighted by Gasteiger charge is -2.34. The minimum absolute atomic E-state index is 0.00670. The molecule has 6 aromatic rings. The third-order valence-corrected chi connectivity index (χ3v) is 11.0. The van der Waals surface area contributed by atoms with Gasteiger partial charge in [-0.3, -0.25) is 0 Å². The van der Waals surface area contributed by atoms with Crippen molar-refractivity contribution in [1.29, 1.82) is 0 Å². The number of hydrogen-bond acceptors (Lipinski definition) is 12. The van der Waals surface area contributed by atoms with Crippen LogP contribution in [0.25, 0.3) is 33.4 Å². The number of rotatable bonds is 26. The first kappa shape index (κ1) is 50.8. The summed E-state index contributed by atoms with van der Waals surface area (Å²) in [5, 5.41) is 0. The van der Waals surface area contributed by atoms with Gasteiger partial charge in [0.15, 0.2) is 0 Å². The van der Waals surface area contributed by atoms with E-state index in [1.807, 2.05) is 91.0 Å². The molecule has 0 heterocycles. The van der Waals surface area contributed by atoms with Crippen molar-refractivity contribution in [3.63, 3.8) is 0 Å². The Morgan fingerprint density at radius 3 is 1.06 bits per heavy atom. The largest absolute Gasteiger partial charge is 0.489 e. The van der Waals surface area contributed by atoms with E-state index in [-0.39, 0.29) is 52.9 Å². The predicted molar refractivity (Wildman–Crippen MR) is 268 cm³/mol. The molecule has 70 heavy (non-hydrogen) atoms. The van der Waals surface area contributed by atoms with E-state index in [1.165, 1.54) is 0 Å². The molecule has 0 unspecified atom stereocenters. The van der Waals surface area contributed by atoms with Crippen LogP contribution in [0.3, 0.4) is 0 Å². The number of esters is 4. The van der Waals surface area contributed by atoms with E-state index in [1.54, 1.807) is 0 Å². The summed E-state index contributed by atoms with van der Waals surface area (Å²) < 4.78 is 46.0. The van der Waals surface area contributed by atoms with Gasteiger partial charge < -0.3 is 37.9 Å². The van der Waals surface area contributed by atoms with Gasteiger partial charge in [0.05, 0.1) is 0 Å². The molecule has 0 N–H and O–H groups in total. The van der Waals surface area contributed by atoms with Gasteiger partial charge in [0.1, 0.15) is 75.9 Å². The molecule has 0 aliphatic rings. The lowest BCUT2D eigenvalue weighted by atomic mass is 9.70. The van der Waals surface area contributed by atoms with Crippen LogP contribution in [0.1, 0.15) is 23.6 Å². The summed E-state index contributed by atoms with van der Waals surface area (Å²) in [6, 6.07) is 45.3. The minimum Gasteiger partial charge on any atom is -0.489 e. The third kappa shape index (κ3) is 13.3. The first-order valence-corrected chi connectivity index (χ1v) is 22.4. The maximum absolute atomic E-state index is 11.9. The molecule has 0 aliphatic heterocycles. The van der Waals surface area contributed by atoms with E-state index in [0.717, 1.165) is 52.1 Å². The summed E-state index contributed by atoms with van der Waals surface area (Å²) in [5.41, 5.74) is 6.57. The van der Waals surface area contributed by atoms with Crippen LogP contribution in [0, 0.1) is 0 Å². The van der Waals surface area contributed by atoms with Crippen LogP contribution in [-0.4, -0.2) is 76.7 Å². The van der Waals surface area contributed by atoms with Crippen LogP contribution in [-0.2, 0) is 43.5 Å². The molecule has 12 nitrogen and oxygen atoms in total. The van der Waals surface area contributed by atoms with Gasteiger partial charge in [0, 0.05) is 52.0 Å². The molecule has 0 radical (unpaired) electrons. The standard InChI is InChI=1S/C58H54O12/c1-6-54(59)67-35-31-63-50-21-15-13-19-46(50)48-39-44(27-29-52(48)65-33-37-69-56(61)8-3)58(5,43-25-23-42(24-26-43)41-17-11-10-12-18-41)45-28-30-53(66-34-38-70-57(62)9-4)49(40-45)47-20-14-16-22-51(47)64-32-36-68-55(60)7-2/h6-30,39-40H,1-4,31-38H2,5H3. The Hall–Kier alpha value is -8.64. The van der Waals surface area contributed by atoms with Crippen LogP contribution in [0.5, 0.6) is 23.0 Å². The summed E-state index contributed by atoms with van der Waals surface area (Å²) in [6.45, 7) is 16.2. The maximum Gasteiger partial charge on any atom is 0.330 e. The monoisotopic (exact) mass is 942 g/mol. The molecule has 0 amide bonds. The number of hydrogen-bond donors (Lipinski definition) is 0. The van der Waals surface area contributed by atoms with Gasteiger partial charge in [-0.1, -0.05) is 129 Å². The molecular formula is C58H54O12. The smallest absolute Gasteiger partial charge is 0.330 e. The second kappa shape index (κ2) is 25.5. The summed E-state index contributed by atoms with van der Waals surface area (Å²) in [4.78, 5) is 47.4. The fourth-order valence-electron chi connectivity index (χ4n) is 7.52. The van der Waals surface area contributed by atoms with Crippen molar-refractivity contribution in [2.24, 2.45) is 0 Å². The molecule has 0 atom stereocenters. The summed E-state index contributed by atoms with van der Waals surface area (Å²) in [5.74, 6) is -0.283. The van der Waals surface area contributed by atoms with Crippen molar-refractivity contribution in [2.75, 3.05) is 52.9 Å². The summed E-state index contributed by atoms with van der Waals surface area (Å²) in [7, 11) is 0. The van der Waals surface area contributed by atoms with Crippen molar-refractivity contribution in [3.05, 3.63) is 207 Å². The third-order valence-electron chi connectivity index (χ3n) is 11.0. The second-order valence-corrected chi connectivity index (χ2v) is 15.4. The van der Waals surface area contributed by atoms with Crippen molar-refractivity contribution >= 4 is 23.9 Å². The van der Waals surface area contributed by atoms with E-state index in [9.17, 15) is 19.2 Å². The van der Waals surface area contributed by atoms with Crippen molar-refractivity contribution in [1.82, 2.24) is 0 Å². The Balaban J connectivity index is 1.53. The Kier molecular flexibility index (Phi) is 18.5. The fourth-order valence-corrected chi connectivity index (χ4v) is 7.52. The lowest BCUT2D eigenvalue weighted by molar-refractivity contribution is -0.139. The zero-order valence-electron chi connectivity index (χ0n) is 39.0. The van der Waals surface area contributed by atoms with Gasteiger partial charge in [-0.05, 0) is 71.1 Å². The Morgan fingerprint density at radius 1 is 0.371 bits per heavy atom. The zero-order valence-corrected chi connectivity index (χ0v) is 39.0. The van der Waals surface area contributed by atoms with Gasteiger partial charge in [-0.15, -0.1) is 0 Å². The number of carbonyl (C=O) groups is 4. The van der Waals surface area contributed by atoms with E-state index in [2.05, 4.69) is 81.8 Å². The highest BCUT2D eigenvalue weighted by atomic mass is 16.6. The van der Waals surface area contributed by atoms with E-state index in [0.29, 0.717) is 45.3 Å². The Morgan fingerprint density at radius 2 is 0.686 bits per heavy atom. The molecular weight excluding hydrogens is 889 g/mol. The van der Waals surface area contributed by atoms with E-state index in [4.69, 9.17) is 37.9 Å². The van der Waals surface area contributed by atoms with Gasteiger partial charge >= 0.3 is 23.9 Å². The molecule has 6 rings (SSSR count). The molecule has 0 bridgehead atoms. The minimum atomic E-state index is -0.905. The molecule has 12 heteroatoms. The highest BCUT2D eigenvalue weighted by Gasteiger charge is 2.34. The van der Waals surface area contributed by atoms with Crippen LogP contribution < -0.4 is 18.9 Å². The highest BCUT2D eigenvalue weighted by molar-refractivity contribution is 5.83. The van der Waals surface area contributed by atoms with Crippen molar-refractivity contribution < 1.29 is 57.1 Å². The van der Waals surface area contributed by atoms with Crippen LogP contribution in [0.4, 0.5) is 0 Å². The summed E-state index contributed by atoms with van der Waals surface area (Å²) in [6.07, 6.45) is 4.36. The molecule has 6 aromatic carbocycles. The molecule has 0 aliphatic carbocycles. The number of para-hydroxylation sites is 2. The van der Waals surface area contributed by atoms with Crippen LogP contribution in [0.2, 0.25) is 0 Å². The summed E-state index contributed by atoms with van der Waals surface area (Å²) >= 11 is 0. The van der Waals surface area contributed by atoms with Crippen LogP contribution in [0.15, 0.2) is 190 Å². The number of carbonyl (C=O) groups excluding carboxylic acids is 4. The quantitative estimate of drug-likeness (QED) is 0.0168. The van der Waals surface area contributed by atoms with Crippen LogP contribution >= 0.6 is 0 Å². The molecule has 0 fully saturated rings. The lowest BCUT2D eigenvalue weighted by Crippen LogP contribution is -2.26. The molecule has 0 saturated carbocycles. The number of ether oxygens (including phenoxy) is 8. The predicted octanol–water partition coefficient (Wildman–Crippen LogP) is 10.5. The van der Waals surface area contributed by atoms with Gasteiger partial charge in [0.25, 0.3) is 0 Å².